The van der Waals surface area contributed by atoms with Gasteiger partial charge in [-0.3, -0.25) is 4.79 Å². The summed E-state index contributed by atoms with van der Waals surface area (Å²) in [6.45, 7) is 5.45. The molecule has 2 heteroatoms. The van der Waals surface area contributed by atoms with Gasteiger partial charge in [0.05, 0.1) is 6.61 Å². The Bertz CT molecular complexity index is 142. The van der Waals surface area contributed by atoms with Gasteiger partial charge in [-0.1, -0.05) is 6.92 Å². The van der Waals surface area contributed by atoms with Gasteiger partial charge in [0.2, 0.25) is 0 Å². The first-order valence-corrected chi connectivity index (χ1v) is 4.36. The Morgan fingerprint density at radius 2 is 2.36 bits per heavy atom. The van der Waals surface area contributed by atoms with Crippen LogP contribution >= 0.6 is 0 Å². The molecular formula is C9H16O2. The van der Waals surface area contributed by atoms with E-state index in [1.165, 1.54) is 0 Å². The van der Waals surface area contributed by atoms with E-state index >= 15 is 0 Å². The molecule has 1 fully saturated rings. The molecule has 1 saturated carbocycles. The summed E-state index contributed by atoms with van der Waals surface area (Å²) in [6, 6.07) is 0. The van der Waals surface area contributed by atoms with Gasteiger partial charge in [-0.2, -0.15) is 0 Å². The van der Waals surface area contributed by atoms with Crippen LogP contribution in [0.5, 0.6) is 0 Å². The summed E-state index contributed by atoms with van der Waals surface area (Å²) in [6.07, 6.45) is 1.81. The molecule has 0 saturated heterocycles. The summed E-state index contributed by atoms with van der Waals surface area (Å²) in [4.78, 5) is 11.2. The lowest BCUT2D eigenvalue weighted by Gasteiger charge is -2.12. The third-order valence-electron chi connectivity index (χ3n) is 2.45. The van der Waals surface area contributed by atoms with Crippen LogP contribution in [0, 0.1) is 11.8 Å². The Hall–Kier alpha value is -0.370. The molecule has 0 bridgehead atoms. The van der Waals surface area contributed by atoms with Crippen LogP contribution in [0.4, 0.5) is 0 Å². The number of rotatable bonds is 3. The van der Waals surface area contributed by atoms with Gasteiger partial charge >= 0.3 is 0 Å². The second-order valence-corrected chi connectivity index (χ2v) is 3.25. The molecule has 0 heterocycles. The number of ether oxygens (including phenoxy) is 1. The Morgan fingerprint density at radius 3 is 2.82 bits per heavy atom. The third-order valence-corrected chi connectivity index (χ3v) is 2.45. The highest BCUT2D eigenvalue weighted by atomic mass is 16.5. The summed E-state index contributed by atoms with van der Waals surface area (Å²) >= 11 is 0. The Labute approximate surface area is 67.9 Å². The number of carbonyl (C=O) groups is 1. The van der Waals surface area contributed by atoms with Crippen LogP contribution in [0.3, 0.4) is 0 Å². The van der Waals surface area contributed by atoms with Gasteiger partial charge < -0.3 is 4.74 Å². The molecule has 0 N–H and O–H groups in total. The van der Waals surface area contributed by atoms with E-state index in [4.69, 9.17) is 4.74 Å². The van der Waals surface area contributed by atoms with Crippen molar-refractivity contribution in [1.82, 2.24) is 0 Å². The standard InChI is InChI=1S/C9H16O2/c1-3-11-6-8-7(2)4-5-9(8)10/h7-8H,3-6H2,1-2H3. The zero-order valence-corrected chi connectivity index (χ0v) is 7.30. The van der Waals surface area contributed by atoms with Crippen LogP contribution < -0.4 is 0 Å². The van der Waals surface area contributed by atoms with Gasteiger partial charge in [-0.15, -0.1) is 0 Å². The topological polar surface area (TPSA) is 26.3 Å². The van der Waals surface area contributed by atoms with Crippen molar-refractivity contribution in [3.8, 4) is 0 Å². The number of hydrogen-bond donors (Lipinski definition) is 0. The fraction of sp³-hybridized carbons (Fsp3) is 0.889. The highest BCUT2D eigenvalue weighted by Crippen LogP contribution is 2.28. The molecule has 0 aromatic carbocycles. The first-order valence-electron chi connectivity index (χ1n) is 4.36. The lowest BCUT2D eigenvalue weighted by Crippen LogP contribution is -2.19. The monoisotopic (exact) mass is 156 g/mol. The summed E-state index contributed by atoms with van der Waals surface area (Å²) in [7, 11) is 0. The Kier molecular flexibility index (Phi) is 3.06. The molecule has 64 valence electrons. The highest BCUT2D eigenvalue weighted by Gasteiger charge is 2.31. The number of hydrogen-bond acceptors (Lipinski definition) is 2. The molecule has 0 aromatic heterocycles. The van der Waals surface area contributed by atoms with Gasteiger partial charge in [0.25, 0.3) is 0 Å². The Morgan fingerprint density at radius 1 is 1.64 bits per heavy atom. The van der Waals surface area contributed by atoms with Gasteiger partial charge in [0, 0.05) is 18.9 Å². The van der Waals surface area contributed by atoms with Crippen LogP contribution in [0.25, 0.3) is 0 Å². The van der Waals surface area contributed by atoms with E-state index in [2.05, 4.69) is 6.92 Å². The van der Waals surface area contributed by atoms with E-state index in [9.17, 15) is 4.79 Å². The second kappa shape index (κ2) is 3.86. The van der Waals surface area contributed by atoms with Gasteiger partial charge in [-0.25, -0.2) is 0 Å². The highest BCUT2D eigenvalue weighted by molar-refractivity contribution is 5.83. The maximum atomic E-state index is 11.2. The van der Waals surface area contributed by atoms with Crippen molar-refractivity contribution < 1.29 is 9.53 Å². The molecular weight excluding hydrogens is 140 g/mol. The van der Waals surface area contributed by atoms with Crippen LogP contribution in [-0.4, -0.2) is 19.0 Å². The molecule has 0 aromatic rings. The first-order chi connectivity index (χ1) is 5.25. The number of carbonyl (C=O) groups excluding carboxylic acids is 1. The molecule has 0 amide bonds. The van der Waals surface area contributed by atoms with Crippen LogP contribution in [0.1, 0.15) is 26.7 Å². The number of Topliss-reactive ketones (excluding diaryl/α,β-unsaturated/α-hetero) is 1. The summed E-state index contributed by atoms with van der Waals surface area (Å²) in [5.74, 6) is 1.12. The average Bonchev–Trinajstić information content (AvgIpc) is 2.29. The van der Waals surface area contributed by atoms with E-state index in [0.29, 0.717) is 18.3 Å². The lowest BCUT2D eigenvalue weighted by atomic mass is 9.99. The molecule has 1 rings (SSSR count). The van der Waals surface area contributed by atoms with Crippen LogP contribution in [0.2, 0.25) is 0 Å². The SMILES string of the molecule is CCOCC1C(=O)CCC1C. The summed E-state index contributed by atoms with van der Waals surface area (Å²) in [5, 5.41) is 0. The minimum Gasteiger partial charge on any atom is -0.381 e. The maximum Gasteiger partial charge on any atom is 0.138 e. The van der Waals surface area contributed by atoms with Gasteiger partial charge in [0.1, 0.15) is 5.78 Å². The molecule has 2 unspecified atom stereocenters. The van der Waals surface area contributed by atoms with E-state index < -0.39 is 0 Å². The molecule has 1 aliphatic rings. The predicted molar refractivity (Wildman–Crippen MR) is 43.4 cm³/mol. The summed E-state index contributed by atoms with van der Waals surface area (Å²) < 4.78 is 5.24. The minimum atomic E-state index is 0.190. The smallest absolute Gasteiger partial charge is 0.138 e. The first kappa shape index (κ1) is 8.72. The third kappa shape index (κ3) is 2.03. The van der Waals surface area contributed by atoms with E-state index in [-0.39, 0.29) is 5.92 Å². The lowest BCUT2D eigenvalue weighted by molar-refractivity contribution is -0.122. The van der Waals surface area contributed by atoms with E-state index in [1.54, 1.807) is 0 Å². The fourth-order valence-electron chi connectivity index (χ4n) is 1.58. The van der Waals surface area contributed by atoms with Crippen LogP contribution in [-0.2, 0) is 9.53 Å². The molecule has 0 radical (unpaired) electrons. The van der Waals surface area contributed by atoms with Gasteiger partial charge in [-0.05, 0) is 19.3 Å². The maximum absolute atomic E-state index is 11.2. The average molecular weight is 156 g/mol. The molecule has 0 spiro atoms. The summed E-state index contributed by atoms with van der Waals surface area (Å²) in [5.41, 5.74) is 0. The molecule has 2 atom stereocenters. The van der Waals surface area contributed by atoms with Crippen molar-refractivity contribution in [1.29, 1.82) is 0 Å². The molecule has 1 aliphatic carbocycles. The van der Waals surface area contributed by atoms with Crippen molar-refractivity contribution in [2.24, 2.45) is 11.8 Å². The fourth-order valence-corrected chi connectivity index (χ4v) is 1.58. The predicted octanol–water partition coefficient (Wildman–Crippen LogP) is 1.64. The van der Waals surface area contributed by atoms with E-state index in [1.807, 2.05) is 6.92 Å². The normalized spacial score (nSPS) is 31.3. The second-order valence-electron chi connectivity index (χ2n) is 3.25. The Balaban J connectivity index is 2.35. The minimum absolute atomic E-state index is 0.190. The van der Waals surface area contributed by atoms with Crippen molar-refractivity contribution in [2.45, 2.75) is 26.7 Å². The van der Waals surface area contributed by atoms with Crippen molar-refractivity contribution >= 4 is 5.78 Å². The quantitative estimate of drug-likeness (QED) is 0.621. The van der Waals surface area contributed by atoms with Gasteiger partial charge in [0.15, 0.2) is 0 Å². The molecule has 11 heavy (non-hydrogen) atoms. The molecule has 0 aliphatic heterocycles. The number of ketones is 1. The largest absolute Gasteiger partial charge is 0.381 e. The van der Waals surface area contributed by atoms with Crippen molar-refractivity contribution in [3.63, 3.8) is 0 Å². The van der Waals surface area contributed by atoms with Crippen LogP contribution in [0.15, 0.2) is 0 Å². The van der Waals surface area contributed by atoms with E-state index in [0.717, 1.165) is 19.4 Å². The zero-order chi connectivity index (χ0) is 8.27. The van der Waals surface area contributed by atoms with Crippen molar-refractivity contribution in [3.05, 3.63) is 0 Å². The zero-order valence-electron chi connectivity index (χ0n) is 7.30. The molecule has 2 nitrogen and oxygen atoms in total. The van der Waals surface area contributed by atoms with Crippen molar-refractivity contribution in [2.75, 3.05) is 13.2 Å².